The van der Waals surface area contributed by atoms with Crippen LogP contribution in [-0.2, 0) is 16.0 Å². The molecule has 1 amide bonds. The van der Waals surface area contributed by atoms with E-state index in [0.29, 0.717) is 30.2 Å². The predicted octanol–water partition coefficient (Wildman–Crippen LogP) is 3.68. The van der Waals surface area contributed by atoms with Crippen molar-refractivity contribution in [2.45, 2.75) is 65.1 Å². The molecule has 1 aliphatic heterocycles. The minimum atomic E-state index is -1.19. The Labute approximate surface area is 194 Å². The quantitative estimate of drug-likeness (QED) is 0.561. The molecule has 5 atom stereocenters. The van der Waals surface area contributed by atoms with E-state index >= 15 is 0 Å². The summed E-state index contributed by atoms with van der Waals surface area (Å²) in [5.74, 6) is 0.108. The van der Waals surface area contributed by atoms with E-state index in [0.717, 1.165) is 17.5 Å². The van der Waals surface area contributed by atoms with Crippen LogP contribution in [0.15, 0.2) is 42.5 Å². The van der Waals surface area contributed by atoms with Crippen molar-refractivity contribution < 1.29 is 28.9 Å². The molecule has 1 heterocycles. The van der Waals surface area contributed by atoms with E-state index in [4.69, 9.17) is 9.47 Å². The molecule has 180 valence electrons. The van der Waals surface area contributed by atoms with Gasteiger partial charge in [0, 0.05) is 19.4 Å². The molecule has 1 fully saturated rings. The minimum absolute atomic E-state index is 0.116. The van der Waals surface area contributed by atoms with Crippen LogP contribution in [0.1, 0.15) is 39.7 Å². The molecular weight excluding hydrogens is 425 g/mol. The average molecular weight is 460 g/mol. The summed E-state index contributed by atoms with van der Waals surface area (Å²) in [5.41, 5.74) is 2.35. The van der Waals surface area contributed by atoms with Gasteiger partial charge in [0.2, 0.25) is 12.2 Å². The maximum Gasteiger partial charge on any atom is 0.228 e. The highest BCUT2D eigenvalue weighted by atomic mass is 19.1. The van der Waals surface area contributed by atoms with Crippen molar-refractivity contribution in [3.63, 3.8) is 0 Å². The molecule has 0 aromatic heterocycles. The van der Waals surface area contributed by atoms with Crippen molar-refractivity contribution in [2.75, 3.05) is 6.54 Å². The van der Waals surface area contributed by atoms with Crippen LogP contribution in [0.4, 0.5) is 4.39 Å². The molecule has 0 spiro atoms. The molecule has 6 nitrogen and oxygen atoms in total. The van der Waals surface area contributed by atoms with Gasteiger partial charge in [0.05, 0.1) is 12.2 Å². The van der Waals surface area contributed by atoms with Crippen LogP contribution in [0.2, 0.25) is 0 Å². The average Bonchev–Trinajstić information content (AvgIpc) is 2.75. The first-order valence-electron chi connectivity index (χ1n) is 11.5. The number of halogens is 1. The molecule has 3 rings (SSSR count). The standard InChI is InChI=1S/C26H34FNO5/c1-15(2)12-23-16(3)24(30)25(31)26(33-23)32-21-9-8-18(10-11-28-17(4)29)22(14-21)19-6-5-7-20(27)13-19/h5-9,13-16,23-26,30-31H,10-12H2,1-4H3,(H,28,29)/t16-,23+,24+,25+,26+/m0/s1. The summed E-state index contributed by atoms with van der Waals surface area (Å²) < 4.78 is 26.0. The lowest BCUT2D eigenvalue weighted by Crippen LogP contribution is -2.55. The molecule has 0 aliphatic carbocycles. The molecule has 3 N–H and O–H groups in total. The zero-order chi connectivity index (χ0) is 24.1. The molecule has 0 unspecified atom stereocenters. The highest BCUT2D eigenvalue weighted by Crippen LogP contribution is 2.33. The van der Waals surface area contributed by atoms with Gasteiger partial charge in [0.1, 0.15) is 17.7 Å². The van der Waals surface area contributed by atoms with Crippen molar-refractivity contribution in [2.24, 2.45) is 11.8 Å². The Hall–Kier alpha value is -2.48. The van der Waals surface area contributed by atoms with Crippen molar-refractivity contribution in [3.05, 3.63) is 53.8 Å². The van der Waals surface area contributed by atoms with Gasteiger partial charge in [-0.05, 0) is 59.7 Å². The molecule has 0 radical (unpaired) electrons. The fraction of sp³-hybridized carbons (Fsp3) is 0.500. The molecule has 1 saturated heterocycles. The largest absolute Gasteiger partial charge is 0.462 e. The van der Waals surface area contributed by atoms with E-state index in [1.165, 1.54) is 19.1 Å². The molecule has 2 aromatic rings. The highest BCUT2D eigenvalue weighted by Gasteiger charge is 2.43. The molecule has 33 heavy (non-hydrogen) atoms. The highest BCUT2D eigenvalue weighted by molar-refractivity contribution is 5.73. The van der Waals surface area contributed by atoms with Gasteiger partial charge < -0.3 is 25.0 Å². The Morgan fingerprint density at radius 1 is 1.18 bits per heavy atom. The lowest BCUT2D eigenvalue weighted by molar-refractivity contribution is -0.257. The normalized spacial score (nSPS) is 25.2. The monoisotopic (exact) mass is 459 g/mol. The van der Waals surface area contributed by atoms with Crippen LogP contribution in [0.3, 0.4) is 0 Å². The molecule has 7 heteroatoms. The zero-order valence-electron chi connectivity index (χ0n) is 19.6. The number of hydrogen-bond acceptors (Lipinski definition) is 5. The molecule has 0 saturated carbocycles. The second-order valence-corrected chi connectivity index (χ2v) is 9.19. The number of aliphatic hydroxyl groups is 2. The Morgan fingerprint density at radius 2 is 1.94 bits per heavy atom. The van der Waals surface area contributed by atoms with Gasteiger partial charge in [-0.15, -0.1) is 0 Å². The van der Waals surface area contributed by atoms with E-state index in [-0.39, 0.29) is 23.7 Å². The second-order valence-electron chi connectivity index (χ2n) is 9.19. The lowest BCUT2D eigenvalue weighted by Gasteiger charge is -2.42. The summed E-state index contributed by atoms with van der Waals surface area (Å²) in [4.78, 5) is 11.2. The van der Waals surface area contributed by atoms with E-state index in [1.54, 1.807) is 24.3 Å². The number of carbonyl (C=O) groups excluding carboxylic acids is 1. The van der Waals surface area contributed by atoms with E-state index in [1.807, 2.05) is 13.0 Å². The molecule has 0 bridgehead atoms. The summed E-state index contributed by atoms with van der Waals surface area (Å²) in [6.07, 6.45) is -2.13. The Balaban J connectivity index is 1.86. The molecular formula is C26H34FNO5. The van der Waals surface area contributed by atoms with Gasteiger partial charge in [-0.25, -0.2) is 4.39 Å². The number of rotatable bonds is 8. The summed E-state index contributed by atoms with van der Waals surface area (Å²) in [7, 11) is 0. The first-order valence-corrected chi connectivity index (χ1v) is 11.5. The number of benzene rings is 2. The zero-order valence-corrected chi connectivity index (χ0v) is 19.6. The van der Waals surface area contributed by atoms with Crippen molar-refractivity contribution in [3.8, 4) is 16.9 Å². The lowest BCUT2D eigenvalue weighted by atomic mass is 9.86. The van der Waals surface area contributed by atoms with Gasteiger partial charge in [0.25, 0.3) is 0 Å². The SMILES string of the molecule is CC(=O)NCCc1ccc(O[C@@H]2O[C@H](CC(C)C)[C@H](C)[C@@H](O)[C@H]2O)cc1-c1cccc(F)c1. The number of aliphatic hydroxyl groups excluding tert-OH is 2. The third-order valence-corrected chi connectivity index (χ3v) is 6.00. The van der Waals surface area contributed by atoms with Crippen LogP contribution in [0.25, 0.3) is 11.1 Å². The van der Waals surface area contributed by atoms with Crippen molar-refractivity contribution in [1.82, 2.24) is 5.32 Å². The predicted molar refractivity (Wildman–Crippen MR) is 124 cm³/mol. The Morgan fingerprint density at radius 3 is 2.61 bits per heavy atom. The number of carbonyl (C=O) groups is 1. The maximum absolute atomic E-state index is 13.9. The second kappa shape index (κ2) is 11.1. The first kappa shape index (κ1) is 25.1. The number of ether oxygens (including phenoxy) is 2. The van der Waals surface area contributed by atoms with Gasteiger partial charge in [-0.3, -0.25) is 4.79 Å². The van der Waals surface area contributed by atoms with Gasteiger partial charge >= 0.3 is 0 Å². The fourth-order valence-corrected chi connectivity index (χ4v) is 4.18. The van der Waals surface area contributed by atoms with Crippen molar-refractivity contribution >= 4 is 5.91 Å². The van der Waals surface area contributed by atoms with Gasteiger partial charge in [0.15, 0.2) is 0 Å². The van der Waals surface area contributed by atoms with E-state index in [9.17, 15) is 19.4 Å². The Bertz CT molecular complexity index is 950. The first-order chi connectivity index (χ1) is 15.7. The van der Waals surface area contributed by atoms with Crippen LogP contribution in [-0.4, -0.2) is 47.3 Å². The number of nitrogens with one attached hydrogen (secondary N) is 1. The summed E-state index contributed by atoms with van der Waals surface area (Å²) >= 11 is 0. The third kappa shape index (κ3) is 6.53. The van der Waals surface area contributed by atoms with Crippen LogP contribution in [0.5, 0.6) is 5.75 Å². The van der Waals surface area contributed by atoms with E-state index in [2.05, 4.69) is 19.2 Å². The van der Waals surface area contributed by atoms with E-state index < -0.39 is 18.5 Å². The van der Waals surface area contributed by atoms with Gasteiger partial charge in [-0.2, -0.15) is 0 Å². The smallest absolute Gasteiger partial charge is 0.228 e. The molecule has 1 aliphatic rings. The summed E-state index contributed by atoms with van der Waals surface area (Å²) in [5, 5.41) is 23.9. The van der Waals surface area contributed by atoms with Crippen molar-refractivity contribution in [1.29, 1.82) is 0 Å². The number of hydrogen-bond donors (Lipinski definition) is 3. The molecule has 2 aromatic carbocycles. The fourth-order valence-electron chi connectivity index (χ4n) is 4.18. The summed E-state index contributed by atoms with van der Waals surface area (Å²) in [6, 6.07) is 11.6. The topological polar surface area (TPSA) is 88.0 Å². The number of amides is 1. The minimum Gasteiger partial charge on any atom is -0.462 e. The van der Waals surface area contributed by atoms with Gasteiger partial charge in [-0.1, -0.05) is 39.0 Å². The third-order valence-electron chi connectivity index (χ3n) is 6.00. The van der Waals surface area contributed by atoms with Crippen LogP contribution < -0.4 is 10.1 Å². The van der Waals surface area contributed by atoms with Crippen LogP contribution >= 0.6 is 0 Å². The van der Waals surface area contributed by atoms with Crippen LogP contribution in [0, 0.1) is 17.7 Å². The Kier molecular flexibility index (Phi) is 8.46. The summed E-state index contributed by atoms with van der Waals surface area (Å²) in [6.45, 7) is 7.93. The maximum atomic E-state index is 13.9.